The van der Waals surface area contributed by atoms with E-state index in [1.165, 1.54) is 0 Å². The molecule has 130 valence electrons. The number of hydrogen-bond donors (Lipinski definition) is 8. The van der Waals surface area contributed by atoms with Crippen LogP contribution in [0, 0.1) is 5.41 Å². The highest BCUT2D eigenvalue weighted by molar-refractivity contribution is 7.52. The molecule has 0 spiro atoms. The van der Waals surface area contributed by atoms with E-state index in [4.69, 9.17) is 35.8 Å². The van der Waals surface area contributed by atoms with Crippen molar-refractivity contribution in [3.05, 3.63) is 0 Å². The smallest absolute Gasteiger partial charge is 0.339 e. The topological polar surface area (TPSA) is 217 Å². The molecule has 0 saturated carbocycles. The average molecular weight is 362 g/mol. The number of nitrogens with one attached hydrogen (secondary N) is 2. The first-order valence-corrected chi connectivity index (χ1v) is 9.55. The van der Waals surface area contributed by atoms with Gasteiger partial charge in [0.25, 0.3) is 0 Å². The third kappa shape index (κ3) is 10.7. The Bertz CT molecular complexity index is 465. The zero-order valence-corrected chi connectivity index (χ0v) is 13.3. The molecule has 22 heavy (non-hydrogen) atoms. The largest absolute Gasteiger partial charge is 0.480 e. The second-order valence-corrected chi connectivity index (χ2v) is 7.76. The molecule has 0 fully saturated rings. The Morgan fingerprint density at radius 3 is 1.95 bits per heavy atom. The quantitative estimate of drug-likeness (QED) is 0.0945. The molecule has 0 radical (unpaired) electrons. The van der Waals surface area contributed by atoms with Gasteiger partial charge < -0.3 is 35.7 Å². The van der Waals surface area contributed by atoms with Gasteiger partial charge in [-0.05, 0) is 12.8 Å². The van der Waals surface area contributed by atoms with Gasteiger partial charge in [-0.2, -0.15) is 0 Å². The number of nitrogens with two attached hydrogens (primary N) is 1. The van der Waals surface area contributed by atoms with Gasteiger partial charge >= 0.3 is 21.2 Å². The van der Waals surface area contributed by atoms with Crippen LogP contribution in [0.15, 0.2) is 0 Å². The van der Waals surface area contributed by atoms with Gasteiger partial charge in [-0.25, -0.2) is 0 Å². The fraction of sp³-hybridized carbons (Fsp3) is 0.750. The molecular weight excluding hydrogens is 342 g/mol. The van der Waals surface area contributed by atoms with Crippen LogP contribution >= 0.6 is 15.2 Å². The van der Waals surface area contributed by atoms with Crippen LogP contribution in [0.1, 0.15) is 12.8 Å². The summed E-state index contributed by atoms with van der Waals surface area (Å²) in [4.78, 5) is 47.5. The number of guanidine groups is 1. The molecule has 0 aromatic carbocycles. The Morgan fingerprint density at radius 2 is 1.64 bits per heavy atom. The van der Waals surface area contributed by atoms with Crippen LogP contribution in [-0.2, 0) is 13.9 Å². The van der Waals surface area contributed by atoms with Crippen molar-refractivity contribution in [1.29, 1.82) is 5.41 Å². The Morgan fingerprint density at radius 1 is 1.18 bits per heavy atom. The molecule has 0 aliphatic carbocycles. The first-order valence-electron chi connectivity index (χ1n) is 5.96. The van der Waals surface area contributed by atoms with Crippen LogP contribution < -0.4 is 11.1 Å². The maximum atomic E-state index is 11.2. The third-order valence-electron chi connectivity index (χ3n) is 2.43. The minimum absolute atomic E-state index is 0.138. The van der Waals surface area contributed by atoms with Crippen molar-refractivity contribution in [3.8, 4) is 0 Å². The lowest BCUT2D eigenvalue weighted by atomic mass is 10.1. The average Bonchev–Trinajstić information content (AvgIpc) is 2.22. The second-order valence-electron chi connectivity index (χ2n) is 4.54. The monoisotopic (exact) mass is 362 g/mol. The van der Waals surface area contributed by atoms with Gasteiger partial charge in [0.05, 0.1) is 0 Å². The number of carboxylic acid groups (broad SMARTS) is 1. The number of carbonyl (C=O) groups is 1. The van der Waals surface area contributed by atoms with E-state index in [-0.39, 0.29) is 25.3 Å². The third-order valence-corrected chi connectivity index (χ3v) is 3.89. The summed E-state index contributed by atoms with van der Waals surface area (Å²) < 4.78 is 22.0. The van der Waals surface area contributed by atoms with Crippen LogP contribution in [0.25, 0.3) is 0 Å². The number of hydrogen-bond acceptors (Lipinski definition) is 5. The summed E-state index contributed by atoms with van der Waals surface area (Å²) in [5.41, 5.74) is 5.03. The molecule has 0 rings (SSSR count). The highest BCUT2D eigenvalue weighted by Crippen LogP contribution is 2.42. The van der Waals surface area contributed by atoms with E-state index in [2.05, 4.69) is 5.32 Å². The van der Waals surface area contributed by atoms with E-state index < -0.39 is 39.8 Å². The summed E-state index contributed by atoms with van der Waals surface area (Å²) in [7, 11) is -9.41. The standard InChI is InChI=1S/C8H20N4O8P2/c9-8(10)11-3-1-2-6(7(13)14)12(4-21(15,16)17)5-22(18,19)20/h6H,1-5H2,(H,13,14)(H4,9,10,11)(H2,15,16,17)(H2,18,19,20)/t6-/m0/s1. The predicted octanol–water partition coefficient (Wildman–Crippen LogP) is -1.72. The first-order chi connectivity index (χ1) is 9.82. The molecule has 1 atom stereocenters. The molecule has 0 amide bonds. The van der Waals surface area contributed by atoms with Gasteiger partial charge in [0.1, 0.15) is 18.6 Å². The van der Waals surface area contributed by atoms with Crippen LogP contribution in [0.5, 0.6) is 0 Å². The predicted molar refractivity (Wildman–Crippen MR) is 76.2 cm³/mol. The first kappa shape index (κ1) is 21.0. The van der Waals surface area contributed by atoms with Gasteiger partial charge in [-0.3, -0.25) is 24.2 Å². The molecule has 0 unspecified atom stereocenters. The second kappa shape index (κ2) is 8.59. The van der Waals surface area contributed by atoms with Crippen molar-refractivity contribution in [2.45, 2.75) is 18.9 Å². The Hall–Kier alpha value is -1.00. The molecule has 12 nitrogen and oxygen atoms in total. The number of carboxylic acids is 1. The fourth-order valence-electron chi connectivity index (χ4n) is 1.70. The summed E-state index contributed by atoms with van der Waals surface area (Å²) in [6.45, 7) is 0.138. The number of aliphatic carboxylic acids is 1. The summed E-state index contributed by atoms with van der Waals surface area (Å²) in [6.07, 6.45) is -2.16. The summed E-state index contributed by atoms with van der Waals surface area (Å²) >= 11 is 0. The van der Waals surface area contributed by atoms with Crippen molar-refractivity contribution in [2.24, 2.45) is 5.73 Å². The Labute approximate surface area is 126 Å². The Kier molecular flexibility index (Phi) is 8.19. The maximum absolute atomic E-state index is 11.2. The lowest BCUT2D eigenvalue weighted by Crippen LogP contribution is -2.43. The molecule has 0 bridgehead atoms. The fourth-order valence-corrected chi connectivity index (χ4v) is 3.39. The Balaban J connectivity index is 4.97. The highest BCUT2D eigenvalue weighted by Gasteiger charge is 2.34. The lowest BCUT2D eigenvalue weighted by Gasteiger charge is -2.29. The molecule has 0 aliphatic rings. The van der Waals surface area contributed by atoms with Crippen LogP contribution in [0.4, 0.5) is 0 Å². The summed E-state index contributed by atoms with van der Waals surface area (Å²) in [6, 6.07) is -1.49. The minimum atomic E-state index is -4.71. The van der Waals surface area contributed by atoms with E-state index >= 15 is 0 Å². The number of rotatable bonds is 10. The van der Waals surface area contributed by atoms with Crippen LogP contribution in [-0.4, -0.2) is 66.7 Å². The molecule has 0 heterocycles. The van der Waals surface area contributed by atoms with Crippen molar-refractivity contribution in [1.82, 2.24) is 10.2 Å². The zero-order chi connectivity index (χ0) is 17.6. The van der Waals surface area contributed by atoms with E-state index in [1.807, 2.05) is 0 Å². The molecular formula is C8H20N4O8P2. The van der Waals surface area contributed by atoms with Crippen molar-refractivity contribution in [2.75, 3.05) is 19.1 Å². The summed E-state index contributed by atoms with van der Waals surface area (Å²) in [5, 5.41) is 18.4. The van der Waals surface area contributed by atoms with Crippen molar-refractivity contribution >= 4 is 27.1 Å². The van der Waals surface area contributed by atoms with Crippen molar-refractivity contribution < 1.29 is 38.6 Å². The highest BCUT2D eigenvalue weighted by atomic mass is 31.2. The van der Waals surface area contributed by atoms with Gasteiger partial charge in [0, 0.05) is 6.54 Å². The normalized spacial score (nSPS) is 13.9. The van der Waals surface area contributed by atoms with Crippen LogP contribution in [0.2, 0.25) is 0 Å². The van der Waals surface area contributed by atoms with Gasteiger partial charge in [0.2, 0.25) is 0 Å². The molecule has 0 saturated heterocycles. The molecule has 0 aromatic heterocycles. The molecule has 0 aromatic rings. The van der Waals surface area contributed by atoms with Gasteiger partial charge in [0.15, 0.2) is 5.96 Å². The summed E-state index contributed by atoms with van der Waals surface area (Å²) in [5.74, 6) is -1.79. The van der Waals surface area contributed by atoms with Gasteiger partial charge in [-0.15, -0.1) is 0 Å². The van der Waals surface area contributed by atoms with E-state index in [1.54, 1.807) is 0 Å². The maximum Gasteiger partial charge on any atom is 0.339 e. The molecule has 0 aliphatic heterocycles. The SMILES string of the molecule is N=C(N)NCCC[C@@H](C(=O)O)N(CP(=O)(O)O)CP(=O)(O)O. The van der Waals surface area contributed by atoms with E-state index in [9.17, 15) is 13.9 Å². The lowest BCUT2D eigenvalue weighted by molar-refractivity contribution is -0.142. The molecule has 14 heteroatoms. The van der Waals surface area contributed by atoms with E-state index in [0.29, 0.717) is 4.90 Å². The van der Waals surface area contributed by atoms with Crippen molar-refractivity contribution in [3.63, 3.8) is 0 Å². The molecule has 9 N–H and O–H groups in total. The minimum Gasteiger partial charge on any atom is -0.480 e. The van der Waals surface area contributed by atoms with E-state index in [0.717, 1.165) is 0 Å². The van der Waals surface area contributed by atoms with Crippen LogP contribution in [0.3, 0.4) is 0 Å². The number of nitrogens with zero attached hydrogens (tertiary/aromatic N) is 1. The zero-order valence-electron chi connectivity index (χ0n) is 11.5. The van der Waals surface area contributed by atoms with Gasteiger partial charge in [-0.1, -0.05) is 0 Å².